The minimum Gasteiger partial charge on any atom is -0.372 e. The molecule has 9 heavy (non-hydrogen) atoms. The van der Waals surface area contributed by atoms with E-state index in [9.17, 15) is 0 Å². The first-order chi connectivity index (χ1) is 4.22. The second-order valence-corrected chi connectivity index (χ2v) is 3.28. The third-order valence-corrected chi connectivity index (χ3v) is 2.59. The molecule has 0 aromatic carbocycles. The first-order valence-electron chi connectivity index (χ1n) is 3.43. The number of nitrogens with zero attached hydrogens (tertiary/aromatic N) is 1. The molecule has 0 aliphatic heterocycles. The predicted molar refractivity (Wildman–Crippen MR) is 43.6 cm³/mol. The summed E-state index contributed by atoms with van der Waals surface area (Å²) in [5.41, 5.74) is 0. The van der Waals surface area contributed by atoms with Crippen LogP contribution in [0.1, 0.15) is 19.3 Å². The molecule has 1 nitrogen and oxygen atoms in total. The van der Waals surface area contributed by atoms with Gasteiger partial charge in [-0.25, -0.2) is 0 Å². The van der Waals surface area contributed by atoms with Gasteiger partial charge in [0.2, 0.25) is 0 Å². The second-order valence-electron chi connectivity index (χ2n) is 2.86. The fourth-order valence-corrected chi connectivity index (χ4v) is 1.26. The maximum Gasteiger partial charge on any atom is 0.0805 e. The molecule has 0 atom stereocenters. The van der Waals surface area contributed by atoms with Crippen LogP contribution in [0.5, 0.6) is 0 Å². The number of hydrogen-bond donors (Lipinski definition) is 0. The van der Waals surface area contributed by atoms with E-state index in [0.29, 0.717) is 0 Å². The van der Waals surface area contributed by atoms with Gasteiger partial charge >= 0.3 is 0 Å². The van der Waals surface area contributed by atoms with Crippen LogP contribution in [0.25, 0.3) is 0 Å². The number of rotatable bonds is 1. The van der Waals surface area contributed by atoms with Crippen molar-refractivity contribution >= 4 is 17.2 Å². The quantitative estimate of drug-likeness (QED) is 0.514. The van der Waals surface area contributed by atoms with Gasteiger partial charge < -0.3 is 4.90 Å². The molecule has 0 N–H and O–H groups in total. The van der Waals surface area contributed by atoms with E-state index in [1.54, 1.807) is 0 Å². The van der Waals surface area contributed by atoms with Crippen molar-refractivity contribution in [2.45, 2.75) is 19.3 Å². The van der Waals surface area contributed by atoms with Crippen LogP contribution in [0.3, 0.4) is 0 Å². The summed E-state index contributed by atoms with van der Waals surface area (Å²) < 4.78 is 0. The topological polar surface area (TPSA) is 3.24 Å². The Morgan fingerprint density at radius 1 is 1.44 bits per heavy atom. The first kappa shape index (κ1) is 7.00. The van der Waals surface area contributed by atoms with Gasteiger partial charge in [-0.2, -0.15) is 0 Å². The zero-order chi connectivity index (χ0) is 6.85. The van der Waals surface area contributed by atoms with Gasteiger partial charge in [-0.1, -0.05) is 18.6 Å². The van der Waals surface area contributed by atoms with E-state index in [0.717, 1.165) is 10.9 Å². The fraction of sp³-hybridized carbons (Fsp3) is 0.857. The molecule has 0 spiro atoms. The van der Waals surface area contributed by atoms with Gasteiger partial charge in [0.15, 0.2) is 0 Å². The Kier molecular flexibility index (Phi) is 2.06. The lowest BCUT2D eigenvalue weighted by atomic mass is 9.85. The molecule has 0 amide bonds. The van der Waals surface area contributed by atoms with Gasteiger partial charge in [-0.05, 0) is 12.8 Å². The molecule has 1 aliphatic carbocycles. The summed E-state index contributed by atoms with van der Waals surface area (Å²) in [6.45, 7) is 0. The molecule has 52 valence electrons. The molecule has 0 aromatic rings. The minimum absolute atomic E-state index is 0.731. The SMILES string of the molecule is CN(C)C(=S)C1CCC1. The van der Waals surface area contributed by atoms with E-state index in [-0.39, 0.29) is 0 Å². The lowest BCUT2D eigenvalue weighted by Crippen LogP contribution is -2.31. The van der Waals surface area contributed by atoms with E-state index in [2.05, 4.69) is 4.90 Å². The van der Waals surface area contributed by atoms with Crippen molar-refractivity contribution in [1.29, 1.82) is 0 Å². The highest BCUT2D eigenvalue weighted by molar-refractivity contribution is 7.80. The van der Waals surface area contributed by atoms with Crippen LogP contribution in [0.2, 0.25) is 0 Å². The molecule has 0 heterocycles. The van der Waals surface area contributed by atoms with Crippen molar-refractivity contribution in [2.24, 2.45) is 5.92 Å². The second kappa shape index (κ2) is 2.65. The normalized spacial score (nSPS) is 18.9. The molecule has 1 aliphatic rings. The van der Waals surface area contributed by atoms with Crippen molar-refractivity contribution in [3.8, 4) is 0 Å². The number of thiocarbonyl (C=S) groups is 1. The minimum atomic E-state index is 0.731. The van der Waals surface area contributed by atoms with Crippen molar-refractivity contribution in [2.75, 3.05) is 14.1 Å². The van der Waals surface area contributed by atoms with Gasteiger partial charge in [-0.15, -0.1) is 0 Å². The summed E-state index contributed by atoms with van der Waals surface area (Å²) in [6, 6.07) is 0. The summed E-state index contributed by atoms with van der Waals surface area (Å²) in [5, 5.41) is 0. The zero-order valence-corrected chi connectivity index (χ0v) is 6.87. The highest BCUT2D eigenvalue weighted by Crippen LogP contribution is 2.28. The molecule has 2 heteroatoms. The Hall–Kier alpha value is -0.110. The lowest BCUT2D eigenvalue weighted by Gasteiger charge is -2.29. The maximum absolute atomic E-state index is 5.18. The van der Waals surface area contributed by atoms with Gasteiger partial charge in [0, 0.05) is 20.0 Å². The smallest absolute Gasteiger partial charge is 0.0805 e. The number of hydrogen-bond acceptors (Lipinski definition) is 1. The summed E-state index contributed by atoms with van der Waals surface area (Å²) in [4.78, 5) is 3.19. The van der Waals surface area contributed by atoms with Crippen molar-refractivity contribution in [3.05, 3.63) is 0 Å². The van der Waals surface area contributed by atoms with E-state index < -0.39 is 0 Å². The Balaban J connectivity index is 2.32. The summed E-state index contributed by atoms with van der Waals surface area (Å²) >= 11 is 5.18. The molecule has 0 aromatic heterocycles. The van der Waals surface area contributed by atoms with Crippen molar-refractivity contribution in [3.63, 3.8) is 0 Å². The lowest BCUT2D eigenvalue weighted by molar-refractivity contribution is 0.386. The zero-order valence-electron chi connectivity index (χ0n) is 6.05. The molecular formula is C7H13NS. The van der Waals surface area contributed by atoms with Crippen molar-refractivity contribution in [1.82, 2.24) is 4.90 Å². The van der Waals surface area contributed by atoms with Crippen LogP contribution >= 0.6 is 12.2 Å². The largest absolute Gasteiger partial charge is 0.372 e. The van der Waals surface area contributed by atoms with Crippen LogP contribution in [-0.2, 0) is 0 Å². The first-order valence-corrected chi connectivity index (χ1v) is 3.84. The highest BCUT2D eigenvalue weighted by Gasteiger charge is 2.22. The Morgan fingerprint density at radius 2 is 2.00 bits per heavy atom. The van der Waals surface area contributed by atoms with E-state index in [1.165, 1.54) is 19.3 Å². The molecule has 0 radical (unpaired) electrons. The van der Waals surface area contributed by atoms with E-state index in [4.69, 9.17) is 12.2 Å². The van der Waals surface area contributed by atoms with Crippen LogP contribution < -0.4 is 0 Å². The molecular weight excluding hydrogens is 130 g/mol. The van der Waals surface area contributed by atoms with Crippen LogP contribution in [0, 0.1) is 5.92 Å². The fourth-order valence-electron chi connectivity index (χ4n) is 1.02. The third-order valence-electron chi connectivity index (χ3n) is 1.90. The molecule has 1 fully saturated rings. The summed E-state index contributed by atoms with van der Waals surface area (Å²) in [7, 11) is 4.06. The van der Waals surface area contributed by atoms with Gasteiger partial charge in [0.05, 0.1) is 4.99 Å². The van der Waals surface area contributed by atoms with Crippen molar-refractivity contribution < 1.29 is 0 Å². The van der Waals surface area contributed by atoms with Gasteiger partial charge in [-0.3, -0.25) is 0 Å². The Labute approximate surface area is 62.0 Å². The Morgan fingerprint density at radius 3 is 2.11 bits per heavy atom. The highest BCUT2D eigenvalue weighted by atomic mass is 32.1. The van der Waals surface area contributed by atoms with Gasteiger partial charge in [0.25, 0.3) is 0 Å². The van der Waals surface area contributed by atoms with E-state index >= 15 is 0 Å². The molecule has 0 saturated heterocycles. The summed E-state index contributed by atoms with van der Waals surface area (Å²) in [5.74, 6) is 0.731. The summed E-state index contributed by atoms with van der Waals surface area (Å²) in [6.07, 6.45) is 4.01. The molecule has 1 rings (SSSR count). The molecule has 1 saturated carbocycles. The van der Waals surface area contributed by atoms with Crippen LogP contribution in [0.4, 0.5) is 0 Å². The molecule has 0 unspecified atom stereocenters. The predicted octanol–water partition coefficient (Wildman–Crippen LogP) is 1.68. The van der Waals surface area contributed by atoms with E-state index in [1.807, 2.05) is 14.1 Å². The van der Waals surface area contributed by atoms with Crippen LogP contribution in [-0.4, -0.2) is 24.0 Å². The monoisotopic (exact) mass is 143 g/mol. The Bertz CT molecular complexity index is 116. The third kappa shape index (κ3) is 1.42. The molecule has 0 bridgehead atoms. The standard InChI is InChI=1S/C7H13NS/c1-8(2)7(9)6-4-3-5-6/h6H,3-5H2,1-2H3. The maximum atomic E-state index is 5.18. The van der Waals surface area contributed by atoms with Gasteiger partial charge in [0.1, 0.15) is 0 Å². The van der Waals surface area contributed by atoms with Crippen LogP contribution in [0.15, 0.2) is 0 Å². The average molecular weight is 143 g/mol. The average Bonchev–Trinajstić information content (AvgIpc) is 1.60.